The first-order chi connectivity index (χ1) is 11.9. The van der Waals surface area contributed by atoms with E-state index >= 15 is 0 Å². The number of benzene rings is 2. The molecule has 0 amide bonds. The minimum atomic E-state index is 0. The molecule has 0 radical (unpaired) electrons. The Bertz CT molecular complexity index is 660. The Morgan fingerprint density at radius 1 is 0.500 bits per heavy atom. The number of rotatable bonds is 2. The fraction of sp³-hybridized carbons (Fsp3) is 0. The van der Waals surface area contributed by atoms with Gasteiger partial charge in [-0.3, -0.25) is 0 Å². The van der Waals surface area contributed by atoms with Crippen LogP contribution in [-0.2, 0) is 23.9 Å². The Labute approximate surface area is 183 Å². The van der Waals surface area contributed by atoms with Crippen LogP contribution in [0.5, 0.6) is 0 Å². The summed E-state index contributed by atoms with van der Waals surface area (Å²) in [6.45, 7) is 0. The molecule has 0 saturated carbocycles. The molecule has 0 N–H and O–H groups in total. The first kappa shape index (κ1) is 24.5. The van der Waals surface area contributed by atoms with Gasteiger partial charge in [-0.2, -0.15) is 36.4 Å². The molecule has 0 nitrogen and oxygen atoms in total. The molecule has 0 bridgehead atoms. The molecule has 0 spiro atoms. The zero-order chi connectivity index (χ0) is 16.9. The molecule has 0 aliphatic carbocycles. The van der Waals surface area contributed by atoms with Crippen LogP contribution in [0.2, 0.25) is 0 Å². The van der Waals surface area contributed by atoms with Crippen molar-refractivity contribution in [3.63, 3.8) is 0 Å². The number of halogens is 2. The third-order valence-electron chi connectivity index (χ3n) is 3.24. The van der Waals surface area contributed by atoms with Crippen molar-refractivity contribution >= 4 is 3.26 Å². The fourth-order valence-electron chi connectivity index (χ4n) is 2.02. The Morgan fingerprint density at radius 3 is 1.04 bits per heavy atom. The van der Waals surface area contributed by atoms with Crippen molar-refractivity contribution in [2.45, 2.75) is 0 Å². The Morgan fingerprint density at radius 2 is 0.808 bits per heavy atom. The summed E-state index contributed by atoms with van der Waals surface area (Å²) < 4.78 is 1.46. The molecule has 0 fully saturated rings. The van der Waals surface area contributed by atoms with Gasteiger partial charge in [0.1, 0.15) is 0 Å². The van der Waals surface area contributed by atoms with E-state index in [0.29, 0.717) is 0 Å². The Kier molecular flexibility index (Phi) is 14.8. The summed E-state index contributed by atoms with van der Waals surface area (Å²) in [4.78, 5) is 0. The quantitative estimate of drug-likeness (QED) is 0.238. The van der Waals surface area contributed by atoms with Gasteiger partial charge in [0.2, 0.25) is 0 Å². The van der Waals surface area contributed by atoms with E-state index in [-0.39, 0.29) is 24.8 Å². The molecule has 0 saturated heterocycles. The largest absolute Gasteiger partial charge is 0.214 e. The maximum Gasteiger partial charge on any atom is -0.172 e. The van der Waals surface area contributed by atoms with Gasteiger partial charge >= 0.3 is 98.9 Å². The molecule has 0 aliphatic rings. The van der Waals surface area contributed by atoms with Crippen LogP contribution < -0.4 is 24.8 Å². The van der Waals surface area contributed by atoms with Gasteiger partial charge in [0.05, 0.1) is 0 Å². The summed E-state index contributed by atoms with van der Waals surface area (Å²) >= 11 is 1.08. The van der Waals surface area contributed by atoms with Crippen LogP contribution in [0.1, 0.15) is 11.1 Å². The predicted octanol–water partition coefficient (Wildman–Crippen LogP) is -0.379. The van der Waals surface area contributed by atoms with Crippen LogP contribution >= 0.6 is 0 Å². The van der Waals surface area contributed by atoms with Crippen LogP contribution in [0, 0.1) is 0 Å². The molecule has 132 valence electrons. The second kappa shape index (κ2) is 15.7. The van der Waals surface area contributed by atoms with E-state index in [1.165, 1.54) is 14.4 Å². The Hall–Kier alpha value is -1.54. The van der Waals surface area contributed by atoms with E-state index < -0.39 is 0 Å². The second-order valence-corrected chi connectivity index (χ2v) is 6.83. The van der Waals surface area contributed by atoms with Crippen molar-refractivity contribution in [1.82, 2.24) is 0 Å². The summed E-state index contributed by atoms with van der Waals surface area (Å²) in [5, 5.41) is 0. The monoisotopic (exact) mass is 546 g/mol. The van der Waals surface area contributed by atoms with Crippen molar-refractivity contribution in [2.75, 3.05) is 0 Å². The molecule has 3 heteroatoms. The summed E-state index contributed by atoms with van der Waals surface area (Å²) in [6, 6.07) is 41.2. The molecule has 0 aromatic heterocycles. The molecule has 4 rings (SSSR count). The Balaban J connectivity index is 0.000000432. The van der Waals surface area contributed by atoms with Gasteiger partial charge in [0, 0.05) is 0 Å². The average molecular weight is 546 g/mol. The summed E-state index contributed by atoms with van der Waals surface area (Å²) in [7, 11) is 0. The number of hydrogen-bond donors (Lipinski definition) is 0. The fourth-order valence-corrected chi connectivity index (χ4v) is 3.22. The average Bonchev–Trinajstić information content (AvgIpc) is 3.41. The van der Waals surface area contributed by atoms with E-state index in [0.717, 1.165) is 23.9 Å². The minimum absolute atomic E-state index is 0. The van der Waals surface area contributed by atoms with Crippen molar-refractivity contribution in [1.29, 1.82) is 0 Å². The van der Waals surface area contributed by atoms with Gasteiger partial charge in [0.15, 0.2) is 0 Å². The summed E-state index contributed by atoms with van der Waals surface area (Å²) in [5.74, 6) is 0. The third kappa shape index (κ3) is 9.82. The third-order valence-corrected chi connectivity index (χ3v) is 5.31. The molecule has 0 heterocycles. The van der Waals surface area contributed by atoms with E-state index in [9.17, 15) is 0 Å². The number of hydrogen-bond acceptors (Lipinski definition) is 0. The maximum atomic E-state index is 2.18. The van der Waals surface area contributed by atoms with Crippen LogP contribution in [-0.4, -0.2) is 3.26 Å². The normalized spacial score (nSPS) is 8.38. The topological polar surface area (TPSA) is 0 Å². The van der Waals surface area contributed by atoms with Gasteiger partial charge in [-0.25, -0.2) is 24.3 Å². The smallest absolute Gasteiger partial charge is 0.172 e. The van der Waals surface area contributed by atoms with Crippen LogP contribution in [0.4, 0.5) is 0 Å². The standard InChI is InChI=1S/C13H10.2C5H5.2ClH.Hf/c1-3-7-12(8-4-1)11-13-9-5-2-6-10-13;2*1-2-4-5-3-1;;;/h1-10H;2*1-5H;2*1H;/q;2*-1;;;+2/p-2. The summed E-state index contributed by atoms with van der Waals surface area (Å²) in [6.07, 6.45) is 0. The first-order valence-electron chi connectivity index (χ1n) is 7.90. The molecular formula is C23H20Cl2Hf-2. The molecule has 4 aromatic carbocycles. The van der Waals surface area contributed by atoms with Gasteiger partial charge < -0.3 is 24.8 Å². The zero-order valence-electron chi connectivity index (χ0n) is 14.3. The molecule has 4 aromatic rings. The predicted molar refractivity (Wildman–Crippen MR) is 100 cm³/mol. The minimum Gasteiger partial charge on any atom is -0.214 e. The van der Waals surface area contributed by atoms with E-state index in [2.05, 4.69) is 60.7 Å². The van der Waals surface area contributed by atoms with Crippen LogP contribution in [0.25, 0.3) is 0 Å². The van der Waals surface area contributed by atoms with Crippen molar-refractivity contribution in [2.24, 2.45) is 0 Å². The summed E-state index contributed by atoms with van der Waals surface area (Å²) in [5.41, 5.74) is 2.70. The molecule has 0 unspecified atom stereocenters. The van der Waals surface area contributed by atoms with Gasteiger partial charge in [-0.05, 0) is 0 Å². The van der Waals surface area contributed by atoms with Crippen molar-refractivity contribution < 1.29 is 48.7 Å². The first-order valence-corrected chi connectivity index (χ1v) is 9.70. The van der Waals surface area contributed by atoms with Crippen LogP contribution in [0.15, 0.2) is 121 Å². The van der Waals surface area contributed by atoms with E-state index in [1.54, 1.807) is 0 Å². The van der Waals surface area contributed by atoms with E-state index in [4.69, 9.17) is 0 Å². The SMILES string of the molecule is [Cl-].[Cl-].[Hf+2]=[C](c1ccccc1)c1ccccc1.c1cc[cH-]c1.c1cc[cH-]c1. The van der Waals surface area contributed by atoms with Gasteiger partial charge in [0.25, 0.3) is 0 Å². The van der Waals surface area contributed by atoms with Crippen molar-refractivity contribution in [3.8, 4) is 0 Å². The van der Waals surface area contributed by atoms with Crippen molar-refractivity contribution in [3.05, 3.63) is 132 Å². The van der Waals surface area contributed by atoms with Crippen LogP contribution in [0.3, 0.4) is 0 Å². The van der Waals surface area contributed by atoms with Gasteiger partial charge in [-0.1, -0.05) is 0 Å². The second-order valence-electron chi connectivity index (χ2n) is 5.03. The molecule has 0 atom stereocenters. The molecular weight excluding hydrogens is 526 g/mol. The van der Waals surface area contributed by atoms with E-state index in [1.807, 2.05) is 60.7 Å². The maximum absolute atomic E-state index is 2.18. The van der Waals surface area contributed by atoms with Gasteiger partial charge in [-0.15, -0.1) is 0 Å². The zero-order valence-corrected chi connectivity index (χ0v) is 19.4. The molecule has 26 heavy (non-hydrogen) atoms. The molecule has 0 aliphatic heterocycles.